The number of halogens is 2. The first-order valence-corrected chi connectivity index (χ1v) is 6.47. The average molecular weight is 289 g/mol. The lowest BCUT2D eigenvalue weighted by molar-refractivity contribution is 0.0735. The van der Waals surface area contributed by atoms with E-state index in [4.69, 9.17) is 27.9 Å². The summed E-state index contributed by atoms with van der Waals surface area (Å²) in [5.41, 5.74) is 0.317. The van der Waals surface area contributed by atoms with Crippen LogP contribution >= 0.6 is 23.2 Å². The largest absolute Gasteiger partial charge is 0.378 e. The molecule has 1 aromatic rings. The Morgan fingerprint density at radius 3 is 2.78 bits per heavy atom. The fourth-order valence-corrected chi connectivity index (χ4v) is 2.34. The van der Waals surface area contributed by atoms with Gasteiger partial charge in [-0.15, -0.1) is 0 Å². The molecule has 1 unspecified atom stereocenters. The molecule has 0 saturated carbocycles. The van der Waals surface area contributed by atoms with E-state index in [0.29, 0.717) is 35.4 Å². The van der Waals surface area contributed by atoms with Gasteiger partial charge in [-0.3, -0.25) is 4.79 Å². The molecular weight excluding hydrogens is 275 g/mol. The SMILES string of the molecule is O=C(NCC1COCCN1)c1c(Cl)cccc1Cl. The fraction of sp³-hybridized carbons (Fsp3) is 0.417. The van der Waals surface area contributed by atoms with Crippen molar-refractivity contribution in [2.45, 2.75) is 6.04 Å². The molecule has 0 aromatic heterocycles. The van der Waals surface area contributed by atoms with Crippen LogP contribution in [0, 0.1) is 0 Å². The second-order valence-electron chi connectivity index (χ2n) is 4.03. The Hall–Kier alpha value is -0.810. The third kappa shape index (κ3) is 3.36. The summed E-state index contributed by atoms with van der Waals surface area (Å²) < 4.78 is 5.30. The van der Waals surface area contributed by atoms with Gasteiger partial charge in [0.05, 0.1) is 28.8 Å². The van der Waals surface area contributed by atoms with Crippen LogP contribution in [0.2, 0.25) is 10.0 Å². The van der Waals surface area contributed by atoms with Crippen LogP contribution in [0.5, 0.6) is 0 Å². The molecule has 6 heteroatoms. The highest BCUT2D eigenvalue weighted by molar-refractivity contribution is 6.39. The predicted molar refractivity (Wildman–Crippen MR) is 71.4 cm³/mol. The second kappa shape index (κ2) is 6.38. The maximum absolute atomic E-state index is 12.0. The Morgan fingerprint density at radius 2 is 2.17 bits per heavy atom. The van der Waals surface area contributed by atoms with Crippen LogP contribution in [0.3, 0.4) is 0 Å². The van der Waals surface area contributed by atoms with E-state index in [1.54, 1.807) is 18.2 Å². The lowest BCUT2D eigenvalue weighted by Crippen LogP contribution is -2.48. The first-order valence-electron chi connectivity index (χ1n) is 5.72. The molecule has 1 heterocycles. The molecule has 2 N–H and O–H groups in total. The highest BCUT2D eigenvalue weighted by Crippen LogP contribution is 2.23. The van der Waals surface area contributed by atoms with E-state index in [2.05, 4.69) is 10.6 Å². The fourth-order valence-electron chi connectivity index (χ4n) is 1.77. The minimum absolute atomic E-state index is 0.129. The number of morpholine rings is 1. The summed E-state index contributed by atoms with van der Waals surface area (Å²) >= 11 is 11.9. The van der Waals surface area contributed by atoms with Crippen LogP contribution in [0.15, 0.2) is 18.2 Å². The molecule has 1 aliphatic rings. The van der Waals surface area contributed by atoms with Gasteiger partial charge < -0.3 is 15.4 Å². The van der Waals surface area contributed by atoms with E-state index in [0.717, 1.165) is 6.54 Å². The van der Waals surface area contributed by atoms with Gasteiger partial charge in [0.15, 0.2) is 0 Å². The van der Waals surface area contributed by atoms with Gasteiger partial charge in [-0.05, 0) is 12.1 Å². The molecular formula is C12H14Cl2N2O2. The van der Waals surface area contributed by atoms with E-state index in [9.17, 15) is 4.79 Å². The Labute approximate surface area is 116 Å². The summed E-state index contributed by atoms with van der Waals surface area (Å²) in [7, 11) is 0. The summed E-state index contributed by atoms with van der Waals surface area (Å²) in [6, 6.07) is 5.12. The molecule has 18 heavy (non-hydrogen) atoms. The Kier molecular flexibility index (Phi) is 4.83. The van der Waals surface area contributed by atoms with Crippen LogP contribution in [-0.4, -0.2) is 38.3 Å². The number of hydrogen-bond acceptors (Lipinski definition) is 3. The van der Waals surface area contributed by atoms with Crippen molar-refractivity contribution >= 4 is 29.1 Å². The number of ether oxygens (including phenoxy) is 1. The smallest absolute Gasteiger partial charge is 0.254 e. The van der Waals surface area contributed by atoms with Crippen LogP contribution in [0.1, 0.15) is 10.4 Å². The summed E-state index contributed by atoms with van der Waals surface area (Å²) in [5, 5.41) is 6.76. The molecule has 1 aromatic carbocycles. The van der Waals surface area contributed by atoms with Crippen LogP contribution in [0.4, 0.5) is 0 Å². The van der Waals surface area contributed by atoms with Crippen LogP contribution < -0.4 is 10.6 Å². The highest BCUT2D eigenvalue weighted by Gasteiger charge is 2.17. The maximum atomic E-state index is 12.0. The zero-order valence-corrected chi connectivity index (χ0v) is 11.2. The lowest BCUT2D eigenvalue weighted by atomic mass is 10.2. The normalized spacial score (nSPS) is 19.6. The standard InChI is InChI=1S/C12H14Cl2N2O2/c13-9-2-1-3-10(14)11(9)12(17)16-6-8-7-18-5-4-15-8/h1-3,8,15H,4-7H2,(H,16,17). The van der Waals surface area contributed by atoms with Crippen LogP contribution in [0.25, 0.3) is 0 Å². The Balaban J connectivity index is 1.95. The van der Waals surface area contributed by atoms with E-state index in [1.807, 2.05) is 0 Å². The van der Waals surface area contributed by atoms with Gasteiger partial charge in [-0.1, -0.05) is 29.3 Å². The zero-order chi connectivity index (χ0) is 13.0. The number of rotatable bonds is 3. The Morgan fingerprint density at radius 1 is 1.44 bits per heavy atom. The molecule has 0 bridgehead atoms. The van der Waals surface area contributed by atoms with Crippen molar-refractivity contribution in [3.8, 4) is 0 Å². The minimum atomic E-state index is -0.266. The molecule has 1 amide bonds. The van der Waals surface area contributed by atoms with Gasteiger partial charge in [0, 0.05) is 19.1 Å². The summed E-state index contributed by atoms with van der Waals surface area (Å²) in [6.45, 7) is 2.59. The molecule has 1 fully saturated rings. The topological polar surface area (TPSA) is 50.4 Å². The number of nitrogens with one attached hydrogen (secondary N) is 2. The highest BCUT2D eigenvalue weighted by atomic mass is 35.5. The van der Waals surface area contributed by atoms with Crippen molar-refractivity contribution < 1.29 is 9.53 Å². The quantitative estimate of drug-likeness (QED) is 0.890. The van der Waals surface area contributed by atoms with Gasteiger partial charge in [-0.2, -0.15) is 0 Å². The molecule has 0 radical (unpaired) electrons. The van der Waals surface area contributed by atoms with Crippen molar-refractivity contribution in [3.05, 3.63) is 33.8 Å². The molecule has 0 aliphatic carbocycles. The van der Waals surface area contributed by atoms with E-state index in [1.165, 1.54) is 0 Å². The summed E-state index contributed by atoms with van der Waals surface area (Å²) in [5.74, 6) is -0.266. The number of carbonyl (C=O) groups excluding carboxylic acids is 1. The third-order valence-corrected chi connectivity index (χ3v) is 3.33. The van der Waals surface area contributed by atoms with Crippen molar-refractivity contribution in [1.29, 1.82) is 0 Å². The first-order chi connectivity index (χ1) is 8.68. The van der Waals surface area contributed by atoms with Crippen molar-refractivity contribution in [2.75, 3.05) is 26.3 Å². The van der Waals surface area contributed by atoms with Gasteiger partial charge >= 0.3 is 0 Å². The van der Waals surface area contributed by atoms with Crippen molar-refractivity contribution in [2.24, 2.45) is 0 Å². The van der Waals surface area contributed by atoms with Gasteiger partial charge in [0.2, 0.25) is 0 Å². The lowest BCUT2D eigenvalue weighted by Gasteiger charge is -2.24. The van der Waals surface area contributed by atoms with Crippen molar-refractivity contribution in [3.63, 3.8) is 0 Å². The zero-order valence-electron chi connectivity index (χ0n) is 9.71. The Bertz CT molecular complexity index is 414. The average Bonchev–Trinajstić information content (AvgIpc) is 2.37. The molecule has 2 rings (SSSR count). The number of benzene rings is 1. The minimum Gasteiger partial charge on any atom is -0.378 e. The van der Waals surface area contributed by atoms with E-state index < -0.39 is 0 Å². The number of amides is 1. The predicted octanol–water partition coefficient (Wildman–Crippen LogP) is 1.71. The van der Waals surface area contributed by atoms with E-state index >= 15 is 0 Å². The molecule has 98 valence electrons. The molecule has 4 nitrogen and oxygen atoms in total. The molecule has 1 aliphatic heterocycles. The van der Waals surface area contributed by atoms with Gasteiger partial charge in [-0.25, -0.2) is 0 Å². The van der Waals surface area contributed by atoms with Gasteiger partial charge in [0.25, 0.3) is 5.91 Å². The summed E-state index contributed by atoms with van der Waals surface area (Å²) in [4.78, 5) is 12.0. The third-order valence-electron chi connectivity index (χ3n) is 2.70. The van der Waals surface area contributed by atoms with E-state index in [-0.39, 0.29) is 11.9 Å². The van der Waals surface area contributed by atoms with Crippen LogP contribution in [-0.2, 0) is 4.74 Å². The molecule has 1 atom stereocenters. The molecule has 0 spiro atoms. The number of hydrogen-bond donors (Lipinski definition) is 2. The monoisotopic (exact) mass is 288 g/mol. The maximum Gasteiger partial charge on any atom is 0.254 e. The first kappa shape index (κ1) is 13.6. The number of carbonyl (C=O) groups is 1. The molecule has 1 saturated heterocycles. The van der Waals surface area contributed by atoms with Gasteiger partial charge in [0.1, 0.15) is 0 Å². The summed E-state index contributed by atoms with van der Waals surface area (Å²) in [6.07, 6.45) is 0. The second-order valence-corrected chi connectivity index (χ2v) is 4.85. The van der Waals surface area contributed by atoms with Crippen molar-refractivity contribution in [1.82, 2.24) is 10.6 Å².